The van der Waals surface area contributed by atoms with Gasteiger partial charge in [-0.2, -0.15) is 0 Å². The number of hydrogen-bond acceptors (Lipinski definition) is 7. The summed E-state index contributed by atoms with van der Waals surface area (Å²) in [5.41, 5.74) is 0. The number of rotatable bonds is 0. The first-order valence-corrected chi connectivity index (χ1v) is 5.58. The van der Waals surface area contributed by atoms with Crippen LogP contribution in [0.25, 0.3) is 0 Å². The maximum absolute atomic E-state index is 9.21. The van der Waals surface area contributed by atoms with E-state index in [4.69, 9.17) is 27.7 Å². The molecule has 0 spiro atoms. The van der Waals surface area contributed by atoms with Gasteiger partial charge in [-0.3, -0.25) is 0 Å². The van der Waals surface area contributed by atoms with Gasteiger partial charge in [-0.05, 0) is 0 Å². The predicted octanol–water partition coefficient (Wildman–Crippen LogP) is -2.01. The Morgan fingerprint density at radius 2 is 1.17 bits per heavy atom. The zero-order valence-electron chi connectivity index (χ0n) is 5.74. The van der Waals surface area contributed by atoms with Crippen LogP contribution in [0.2, 0.25) is 0 Å². The third kappa shape index (κ3) is 59.7. The van der Waals surface area contributed by atoms with Crippen LogP contribution in [0.4, 0.5) is 9.59 Å². The Labute approximate surface area is 71.4 Å². The molecule has 0 bridgehead atoms. The summed E-state index contributed by atoms with van der Waals surface area (Å²) in [7, 11) is 0. The third-order valence-electron chi connectivity index (χ3n) is 0.175. The summed E-state index contributed by atoms with van der Waals surface area (Å²) in [6, 6.07) is 0. The molecular formula is C2H10N4O5Pd. The van der Waals surface area contributed by atoms with Gasteiger partial charge in [0.2, 0.25) is 0 Å². The first kappa shape index (κ1) is 13.8. The normalized spacial score (nSPS) is 10.7. The van der Waals surface area contributed by atoms with E-state index in [1.807, 2.05) is 0 Å². The van der Waals surface area contributed by atoms with E-state index < -0.39 is 28.8 Å². The second-order valence-corrected chi connectivity index (χ2v) is 4.38. The molecule has 0 aromatic carbocycles. The molecule has 0 aliphatic carbocycles. The molecule has 0 aliphatic rings. The Hall–Kier alpha value is -0.758. The third-order valence-corrected chi connectivity index (χ3v) is 0.175. The molecule has 78 valence electrons. The van der Waals surface area contributed by atoms with Crippen LogP contribution in [0.15, 0.2) is 0 Å². The average Bonchev–Trinajstić information content (AvgIpc) is 1.52. The van der Waals surface area contributed by atoms with E-state index >= 15 is 0 Å². The van der Waals surface area contributed by atoms with Crippen molar-refractivity contribution in [3.63, 3.8) is 0 Å². The van der Waals surface area contributed by atoms with Crippen LogP contribution in [-0.2, 0) is 21.3 Å². The number of ether oxygens (including phenoxy) is 1. The SMILES string of the molecule is O=C(O)OC(=O)O.[NH2][Pd]([NH2])([NH2])[NH2]. The van der Waals surface area contributed by atoms with Crippen LogP contribution in [-0.4, -0.2) is 22.5 Å². The monoisotopic (exact) mass is 276 g/mol. The summed E-state index contributed by atoms with van der Waals surface area (Å²) in [5.74, 6) is 0. The van der Waals surface area contributed by atoms with Crippen LogP contribution >= 0.6 is 0 Å². The Morgan fingerprint density at radius 1 is 1.00 bits per heavy atom. The quantitative estimate of drug-likeness (QED) is 0.165. The van der Waals surface area contributed by atoms with E-state index in [0.717, 1.165) is 0 Å². The van der Waals surface area contributed by atoms with Crippen molar-refractivity contribution in [3.8, 4) is 0 Å². The van der Waals surface area contributed by atoms with E-state index in [1.54, 1.807) is 0 Å². The zero-order chi connectivity index (χ0) is 10.4. The Bertz CT molecular complexity index is 147. The summed E-state index contributed by atoms with van der Waals surface area (Å²) in [6.07, 6.45) is -3.62. The fraction of sp³-hybridized carbons (Fsp3) is 0. The van der Waals surface area contributed by atoms with Gasteiger partial charge in [0, 0.05) is 0 Å². The predicted molar refractivity (Wildman–Crippen MR) is 33.9 cm³/mol. The van der Waals surface area contributed by atoms with Gasteiger partial charge in [-0.15, -0.1) is 0 Å². The van der Waals surface area contributed by atoms with Gasteiger partial charge in [0.1, 0.15) is 0 Å². The molecule has 0 saturated heterocycles. The van der Waals surface area contributed by atoms with Crippen molar-refractivity contribution < 1.29 is 41.1 Å². The molecule has 0 saturated carbocycles. The molecule has 0 amide bonds. The molecule has 0 unspecified atom stereocenters. The van der Waals surface area contributed by atoms with Crippen LogP contribution in [0, 0.1) is 0 Å². The Balaban J connectivity index is 0. The first-order valence-electron chi connectivity index (χ1n) is 1.99. The molecule has 0 aromatic heterocycles. The van der Waals surface area contributed by atoms with Gasteiger partial charge in [-0.25, -0.2) is 9.59 Å². The molecule has 0 aliphatic heterocycles. The summed E-state index contributed by atoms with van der Waals surface area (Å²) >= 11 is -2.70. The van der Waals surface area contributed by atoms with Crippen molar-refractivity contribution >= 4 is 12.3 Å². The van der Waals surface area contributed by atoms with Gasteiger partial charge in [0.05, 0.1) is 0 Å². The molecule has 12 heavy (non-hydrogen) atoms. The first-order chi connectivity index (χ1) is 5.13. The Morgan fingerprint density at radius 3 is 1.17 bits per heavy atom. The van der Waals surface area contributed by atoms with E-state index in [2.05, 4.69) is 4.74 Å². The van der Waals surface area contributed by atoms with Crippen molar-refractivity contribution in [2.24, 2.45) is 17.5 Å². The topological polar surface area (TPSA) is 188 Å². The summed E-state index contributed by atoms with van der Waals surface area (Å²) in [5, 5.41) is 15.0. The summed E-state index contributed by atoms with van der Waals surface area (Å²) in [4.78, 5) is 18.4. The number of carboxylic acid groups (broad SMARTS) is 2. The molecular weight excluding hydrogens is 266 g/mol. The van der Waals surface area contributed by atoms with Crippen LogP contribution in [0.1, 0.15) is 0 Å². The van der Waals surface area contributed by atoms with E-state index in [0.29, 0.717) is 0 Å². The second-order valence-electron chi connectivity index (χ2n) is 1.27. The van der Waals surface area contributed by atoms with Gasteiger partial charge in [0.25, 0.3) is 0 Å². The molecule has 10 heteroatoms. The van der Waals surface area contributed by atoms with Crippen molar-refractivity contribution in [1.29, 1.82) is 0 Å². The minimum absolute atomic E-state index is 1.81. The molecule has 0 rings (SSSR count). The number of nitrogens with two attached hydrogens (primary N) is 4. The molecule has 10 N–H and O–H groups in total. The van der Waals surface area contributed by atoms with E-state index in [9.17, 15) is 9.59 Å². The van der Waals surface area contributed by atoms with Gasteiger partial charge in [0.15, 0.2) is 0 Å². The van der Waals surface area contributed by atoms with Gasteiger partial charge in [-0.1, -0.05) is 0 Å². The van der Waals surface area contributed by atoms with Crippen molar-refractivity contribution in [3.05, 3.63) is 0 Å². The fourth-order valence-electron chi connectivity index (χ4n) is 0.0747. The molecule has 0 heterocycles. The minimum atomic E-state index is -2.70. The molecule has 0 aromatic rings. The van der Waals surface area contributed by atoms with Crippen LogP contribution in [0.3, 0.4) is 0 Å². The molecule has 0 atom stereocenters. The number of hydrogen-bond donors (Lipinski definition) is 6. The Kier molecular flexibility index (Phi) is 6.72. The van der Waals surface area contributed by atoms with E-state index in [-0.39, 0.29) is 0 Å². The summed E-state index contributed by atoms with van der Waals surface area (Å²) < 4.78 is 22.4. The van der Waals surface area contributed by atoms with Crippen molar-refractivity contribution in [2.75, 3.05) is 0 Å². The van der Waals surface area contributed by atoms with Crippen molar-refractivity contribution in [2.45, 2.75) is 0 Å². The van der Waals surface area contributed by atoms with Gasteiger partial charge < -0.3 is 14.9 Å². The second kappa shape index (κ2) is 5.84. The standard InChI is InChI=1S/C2H2O5.4H2N.Pd/c3-1(4)7-2(5)6;;;;;/h(H,3,4)(H,5,6);4*1H2;/q;4*-1;+4. The fourth-order valence-corrected chi connectivity index (χ4v) is 0.0747. The van der Waals surface area contributed by atoms with Crippen LogP contribution < -0.4 is 17.5 Å². The maximum atomic E-state index is 9.21. The molecule has 0 radical (unpaired) electrons. The average molecular weight is 277 g/mol. The van der Waals surface area contributed by atoms with Crippen molar-refractivity contribution in [1.82, 2.24) is 0 Å². The summed E-state index contributed by atoms with van der Waals surface area (Å²) in [6.45, 7) is 0. The number of carbonyl (C=O) groups is 2. The van der Waals surface area contributed by atoms with E-state index in [1.165, 1.54) is 0 Å². The van der Waals surface area contributed by atoms with Crippen LogP contribution in [0.5, 0.6) is 0 Å². The zero-order valence-corrected chi connectivity index (χ0v) is 7.30. The van der Waals surface area contributed by atoms with Gasteiger partial charge >= 0.3 is 46.3 Å². The molecule has 0 fully saturated rings. The molecule has 9 nitrogen and oxygen atoms in total.